The second kappa shape index (κ2) is 5.78. The number of hydrogen-bond acceptors (Lipinski definition) is 5. The number of aromatic nitrogens is 3. The van der Waals surface area contributed by atoms with Crippen LogP contribution in [0, 0.1) is 0 Å². The first-order valence-corrected chi connectivity index (χ1v) is 7.85. The van der Waals surface area contributed by atoms with Crippen LogP contribution in [0.1, 0.15) is 37.4 Å². The Morgan fingerprint density at radius 3 is 2.65 bits per heavy atom. The summed E-state index contributed by atoms with van der Waals surface area (Å²) in [5.41, 5.74) is 7.48. The zero-order valence-electron chi connectivity index (χ0n) is 12.6. The third-order valence-electron chi connectivity index (χ3n) is 3.69. The maximum Gasteiger partial charge on any atom is 0.248 e. The van der Waals surface area contributed by atoms with Crippen molar-refractivity contribution in [1.29, 1.82) is 0 Å². The van der Waals surface area contributed by atoms with Gasteiger partial charge in [0.05, 0.1) is 5.57 Å². The smallest absolute Gasteiger partial charge is 0.248 e. The number of aliphatic hydroxyl groups excluding tert-OH is 1. The van der Waals surface area contributed by atoms with Crippen LogP contribution in [0.5, 0.6) is 0 Å². The molecule has 1 aromatic heterocycles. The molecule has 2 aromatic rings. The number of nitrogens with two attached hydrogens (primary N) is 1. The van der Waals surface area contributed by atoms with Gasteiger partial charge in [0.1, 0.15) is 12.1 Å². The molecule has 0 saturated heterocycles. The average molecular weight is 378 g/mol. The summed E-state index contributed by atoms with van der Waals surface area (Å²) in [7, 11) is 0. The van der Waals surface area contributed by atoms with E-state index in [1.165, 1.54) is 0 Å². The number of hydrogen-bond donors (Lipinski definition) is 3. The van der Waals surface area contributed by atoms with Crippen molar-refractivity contribution in [2.24, 2.45) is 5.73 Å². The molecule has 1 aliphatic heterocycles. The summed E-state index contributed by atoms with van der Waals surface area (Å²) in [5.74, 6) is 0.229. The molecule has 0 fully saturated rings. The van der Waals surface area contributed by atoms with Crippen molar-refractivity contribution < 1.29 is 9.90 Å². The number of amides is 1. The van der Waals surface area contributed by atoms with Gasteiger partial charge in [0, 0.05) is 10.2 Å². The second-order valence-corrected chi connectivity index (χ2v) is 6.31. The minimum absolute atomic E-state index is 0.285. The summed E-state index contributed by atoms with van der Waals surface area (Å²) in [5, 5.41) is 17.1. The molecule has 23 heavy (non-hydrogen) atoms. The van der Waals surface area contributed by atoms with Gasteiger partial charge in [-0.2, -0.15) is 10.1 Å². The molecule has 7 nitrogen and oxygen atoms in total. The van der Waals surface area contributed by atoms with E-state index < -0.39 is 18.1 Å². The summed E-state index contributed by atoms with van der Waals surface area (Å²) < 4.78 is 2.51. The lowest BCUT2D eigenvalue weighted by molar-refractivity contribution is -0.115. The Labute approximate surface area is 141 Å². The number of nitrogens with one attached hydrogen (secondary N) is 1. The van der Waals surface area contributed by atoms with E-state index >= 15 is 0 Å². The van der Waals surface area contributed by atoms with Gasteiger partial charge < -0.3 is 16.2 Å². The van der Waals surface area contributed by atoms with Crippen LogP contribution >= 0.6 is 15.9 Å². The minimum Gasteiger partial charge on any atom is -0.385 e. The predicted molar refractivity (Wildman–Crippen MR) is 88.5 cm³/mol. The van der Waals surface area contributed by atoms with Gasteiger partial charge in [0.2, 0.25) is 11.9 Å². The summed E-state index contributed by atoms with van der Waals surface area (Å²) in [6, 6.07) is 7.07. The molecule has 8 heteroatoms. The van der Waals surface area contributed by atoms with Gasteiger partial charge >= 0.3 is 0 Å². The maximum absolute atomic E-state index is 12.0. The van der Waals surface area contributed by atoms with Gasteiger partial charge in [-0.05, 0) is 31.5 Å². The number of carbonyl (C=O) groups is 1. The van der Waals surface area contributed by atoms with E-state index in [1.54, 1.807) is 18.5 Å². The van der Waals surface area contributed by atoms with Gasteiger partial charge in [0.15, 0.2) is 5.82 Å². The highest BCUT2D eigenvalue weighted by atomic mass is 79.9. The molecule has 0 bridgehead atoms. The number of carbonyl (C=O) groups excluding carboxylic acids is 1. The lowest BCUT2D eigenvalue weighted by Gasteiger charge is -2.27. The van der Waals surface area contributed by atoms with Crippen LogP contribution in [0.25, 0.3) is 0 Å². The molecule has 0 radical (unpaired) electrons. The quantitative estimate of drug-likeness (QED) is 0.756. The number of anilines is 1. The highest BCUT2D eigenvalue weighted by Crippen LogP contribution is 2.35. The molecule has 1 amide bonds. The number of aliphatic hydroxyl groups is 1. The van der Waals surface area contributed by atoms with E-state index in [4.69, 9.17) is 5.73 Å². The molecular formula is C15H16BrN5O2. The molecule has 2 heterocycles. The standard InChI is InChI=1S/C15H16BrN5O2/c1-7-11(13(17)23)12(9-3-5-10(16)6-4-9)21-15(18-7)19-14(20-21)8(2)22/h3-6,8,12,22H,1-2H3,(H2,17,23)(H,18,19,20)/t8-,12+/m0/s1. The topological polar surface area (TPSA) is 106 Å². The van der Waals surface area contributed by atoms with Crippen LogP contribution in [-0.4, -0.2) is 25.8 Å². The highest BCUT2D eigenvalue weighted by Gasteiger charge is 2.33. The third kappa shape index (κ3) is 2.75. The second-order valence-electron chi connectivity index (χ2n) is 5.40. The number of allylic oxidation sites excluding steroid dienone is 1. The van der Waals surface area contributed by atoms with Crippen LogP contribution < -0.4 is 11.1 Å². The maximum atomic E-state index is 12.0. The van der Waals surface area contributed by atoms with Crippen LogP contribution in [0.15, 0.2) is 40.0 Å². The van der Waals surface area contributed by atoms with Gasteiger partial charge in [0.25, 0.3) is 0 Å². The molecule has 0 spiro atoms. The fourth-order valence-corrected chi connectivity index (χ4v) is 2.88. The zero-order valence-corrected chi connectivity index (χ0v) is 14.2. The Kier molecular flexibility index (Phi) is 3.95. The van der Waals surface area contributed by atoms with Crippen molar-refractivity contribution in [2.75, 3.05) is 5.32 Å². The van der Waals surface area contributed by atoms with Crippen molar-refractivity contribution in [2.45, 2.75) is 26.0 Å². The minimum atomic E-state index is -0.808. The fourth-order valence-electron chi connectivity index (χ4n) is 2.62. The molecule has 120 valence electrons. The normalized spacial score (nSPS) is 18.3. The summed E-state index contributed by atoms with van der Waals surface area (Å²) in [6.07, 6.45) is -0.808. The monoisotopic (exact) mass is 377 g/mol. The summed E-state index contributed by atoms with van der Waals surface area (Å²) in [6.45, 7) is 3.36. The van der Waals surface area contributed by atoms with E-state index in [-0.39, 0.29) is 5.82 Å². The fraction of sp³-hybridized carbons (Fsp3) is 0.267. The van der Waals surface area contributed by atoms with E-state index in [2.05, 4.69) is 31.3 Å². The number of benzene rings is 1. The SMILES string of the molecule is CC1=C(C(N)=O)[C@@H](c2ccc(Br)cc2)n2nc([C@H](C)O)nc2N1. The average Bonchev–Trinajstić information content (AvgIpc) is 2.90. The van der Waals surface area contributed by atoms with E-state index in [1.807, 2.05) is 24.3 Å². The number of rotatable bonds is 3. The number of nitrogens with zero attached hydrogens (tertiary/aromatic N) is 3. The van der Waals surface area contributed by atoms with Crippen molar-refractivity contribution in [3.8, 4) is 0 Å². The Balaban J connectivity index is 2.19. The van der Waals surface area contributed by atoms with Crippen LogP contribution in [0.2, 0.25) is 0 Å². The van der Waals surface area contributed by atoms with Crippen LogP contribution in [-0.2, 0) is 4.79 Å². The number of halogens is 1. The van der Waals surface area contributed by atoms with E-state index in [9.17, 15) is 9.90 Å². The molecular weight excluding hydrogens is 362 g/mol. The Morgan fingerprint density at radius 1 is 1.43 bits per heavy atom. The predicted octanol–water partition coefficient (Wildman–Crippen LogP) is 1.87. The molecule has 0 unspecified atom stereocenters. The van der Waals surface area contributed by atoms with E-state index in [0.717, 1.165) is 10.0 Å². The molecule has 2 atom stereocenters. The first kappa shape index (κ1) is 15.7. The van der Waals surface area contributed by atoms with Crippen LogP contribution in [0.4, 0.5) is 5.95 Å². The number of primary amides is 1. The molecule has 1 aliphatic rings. The van der Waals surface area contributed by atoms with Crippen molar-refractivity contribution in [3.63, 3.8) is 0 Å². The van der Waals surface area contributed by atoms with Crippen LogP contribution in [0.3, 0.4) is 0 Å². The number of fused-ring (bicyclic) bond motifs is 1. The third-order valence-corrected chi connectivity index (χ3v) is 4.22. The molecule has 0 saturated carbocycles. The van der Waals surface area contributed by atoms with E-state index in [0.29, 0.717) is 17.2 Å². The van der Waals surface area contributed by atoms with Crippen molar-refractivity contribution in [3.05, 3.63) is 51.4 Å². The van der Waals surface area contributed by atoms with Gasteiger partial charge in [-0.3, -0.25) is 4.79 Å². The lowest BCUT2D eigenvalue weighted by Crippen LogP contribution is -2.31. The van der Waals surface area contributed by atoms with Gasteiger partial charge in [-0.25, -0.2) is 4.68 Å². The first-order chi connectivity index (χ1) is 10.9. The zero-order chi connectivity index (χ0) is 16.7. The Morgan fingerprint density at radius 2 is 2.09 bits per heavy atom. The van der Waals surface area contributed by atoms with Crippen molar-refractivity contribution >= 4 is 27.8 Å². The molecule has 3 rings (SSSR count). The molecule has 4 N–H and O–H groups in total. The van der Waals surface area contributed by atoms with Gasteiger partial charge in [-0.1, -0.05) is 28.1 Å². The largest absolute Gasteiger partial charge is 0.385 e. The molecule has 1 aromatic carbocycles. The first-order valence-electron chi connectivity index (χ1n) is 7.06. The van der Waals surface area contributed by atoms with Gasteiger partial charge in [-0.15, -0.1) is 0 Å². The molecule has 0 aliphatic carbocycles. The summed E-state index contributed by atoms with van der Waals surface area (Å²) in [4.78, 5) is 16.3. The lowest BCUT2D eigenvalue weighted by atomic mass is 9.95. The summed E-state index contributed by atoms with van der Waals surface area (Å²) >= 11 is 3.40. The van der Waals surface area contributed by atoms with Crippen molar-refractivity contribution in [1.82, 2.24) is 14.8 Å². The highest BCUT2D eigenvalue weighted by molar-refractivity contribution is 9.10. The Bertz CT molecular complexity index is 795. The Hall–Kier alpha value is -2.19.